The molecule has 0 aliphatic heterocycles. The Bertz CT molecular complexity index is 888. The van der Waals surface area contributed by atoms with Gasteiger partial charge >= 0.3 is 6.01 Å². The van der Waals surface area contributed by atoms with E-state index in [1.165, 1.54) is 24.3 Å². The topological polar surface area (TPSA) is 124 Å². The van der Waals surface area contributed by atoms with E-state index in [4.69, 9.17) is 8.83 Å². The van der Waals surface area contributed by atoms with Gasteiger partial charge in [-0.3, -0.25) is 20.2 Å². The van der Waals surface area contributed by atoms with E-state index in [0.29, 0.717) is 10.4 Å². The van der Waals surface area contributed by atoms with Crippen LogP contribution in [-0.2, 0) is 0 Å². The van der Waals surface area contributed by atoms with Crippen molar-refractivity contribution in [3.8, 4) is 11.7 Å². The highest BCUT2D eigenvalue weighted by Crippen LogP contribution is 2.25. The number of halogens is 1. The number of amides is 1. The Morgan fingerprint density at radius 1 is 1.17 bits per heavy atom. The standard InChI is InChI=1S/C13H7BrN4O5/c14-10-6-5-9(22-10)12-16-17-13(23-12)15-11(19)7-3-1-2-4-8(7)18(20)21/h1-6H,(H,15,17,19). The number of aromatic nitrogens is 2. The monoisotopic (exact) mass is 378 g/mol. The molecule has 0 fully saturated rings. The van der Waals surface area contributed by atoms with E-state index in [2.05, 4.69) is 31.4 Å². The highest BCUT2D eigenvalue weighted by atomic mass is 79.9. The second-order valence-corrected chi connectivity index (χ2v) is 5.03. The van der Waals surface area contributed by atoms with Crippen molar-refractivity contribution in [3.63, 3.8) is 0 Å². The molecule has 0 radical (unpaired) electrons. The fraction of sp³-hybridized carbons (Fsp3) is 0. The van der Waals surface area contributed by atoms with Crippen molar-refractivity contribution in [2.75, 3.05) is 5.32 Å². The predicted octanol–water partition coefficient (Wildman–Crippen LogP) is 3.25. The maximum Gasteiger partial charge on any atom is 0.322 e. The van der Waals surface area contributed by atoms with Gasteiger partial charge in [-0.25, -0.2) is 0 Å². The van der Waals surface area contributed by atoms with E-state index in [-0.39, 0.29) is 23.2 Å². The van der Waals surface area contributed by atoms with Crippen LogP contribution in [0.15, 0.2) is 49.9 Å². The van der Waals surface area contributed by atoms with Crippen molar-refractivity contribution in [3.05, 3.63) is 56.7 Å². The number of nitrogens with zero attached hydrogens (tertiary/aromatic N) is 3. The summed E-state index contributed by atoms with van der Waals surface area (Å²) in [6.07, 6.45) is 0. The highest BCUT2D eigenvalue weighted by molar-refractivity contribution is 9.10. The largest absolute Gasteiger partial charge is 0.444 e. The number of anilines is 1. The molecule has 0 atom stereocenters. The van der Waals surface area contributed by atoms with Crippen molar-refractivity contribution in [1.82, 2.24) is 10.2 Å². The zero-order valence-electron chi connectivity index (χ0n) is 11.2. The van der Waals surface area contributed by atoms with E-state index in [0.717, 1.165) is 0 Å². The minimum Gasteiger partial charge on any atom is -0.444 e. The molecule has 0 aliphatic rings. The number of furan rings is 1. The molecule has 2 aromatic heterocycles. The number of para-hydroxylation sites is 1. The molecule has 0 spiro atoms. The third-order valence-corrected chi connectivity index (χ3v) is 3.20. The molecule has 0 bridgehead atoms. The lowest BCUT2D eigenvalue weighted by atomic mass is 10.1. The van der Waals surface area contributed by atoms with Crippen LogP contribution >= 0.6 is 15.9 Å². The van der Waals surface area contributed by atoms with Gasteiger partial charge in [-0.05, 0) is 34.1 Å². The van der Waals surface area contributed by atoms with E-state index < -0.39 is 10.8 Å². The van der Waals surface area contributed by atoms with Crippen LogP contribution in [0.25, 0.3) is 11.7 Å². The maximum atomic E-state index is 12.1. The minimum atomic E-state index is -0.729. The van der Waals surface area contributed by atoms with Gasteiger partial charge in [0.15, 0.2) is 10.4 Å². The molecular formula is C13H7BrN4O5. The van der Waals surface area contributed by atoms with Crippen molar-refractivity contribution >= 4 is 33.5 Å². The normalized spacial score (nSPS) is 10.5. The van der Waals surface area contributed by atoms with Gasteiger partial charge in [0.1, 0.15) is 5.56 Å². The van der Waals surface area contributed by atoms with Gasteiger partial charge in [0, 0.05) is 6.07 Å². The van der Waals surface area contributed by atoms with Gasteiger partial charge in [0.05, 0.1) is 4.92 Å². The fourth-order valence-corrected chi connectivity index (χ4v) is 2.10. The number of carbonyl (C=O) groups is 1. The smallest absolute Gasteiger partial charge is 0.322 e. The number of benzene rings is 1. The second-order valence-electron chi connectivity index (χ2n) is 4.24. The first-order valence-electron chi connectivity index (χ1n) is 6.18. The Hall–Kier alpha value is -3.01. The molecule has 23 heavy (non-hydrogen) atoms. The summed E-state index contributed by atoms with van der Waals surface area (Å²) in [5.41, 5.74) is -0.433. The number of carbonyl (C=O) groups excluding carboxylic acids is 1. The van der Waals surface area contributed by atoms with E-state index in [1.54, 1.807) is 12.1 Å². The SMILES string of the molecule is O=C(Nc1nnc(-c2ccc(Br)o2)o1)c1ccccc1[N+](=O)[O-]. The number of nitro benzene ring substituents is 1. The van der Waals surface area contributed by atoms with Gasteiger partial charge in [-0.1, -0.05) is 17.2 Å². The Kier molecular flexibility index (Phi) is 3.89. The van der Waals surface area contributed by atoms with Crippen LogP contribution in [0, 0.1) is 10.1 Å². The Labute approximate surface area is 136 Å². The number of hydrogen-bond donors (Lipinski definition) is 1. The summed E-state index contributed by atoms with van der Waals surface area (Å²) in [5, 5.41) is 20.6. The van der Waals surface area contributed by atoms with E-state index in [9.17, 15) is 14.9 Å². The molecular weight excluding hydrogens is 372 g/mol. The highest BCUT2D eigenvalue weighted by Gasteiger charge is 2.21. The number of rotatable bonds is 4. The first-order chi connectivity index (χ1) is 11.0. The molecule has 116 valence electrons. The number of hydrogen-bond acceptors (Lipinski definition) is 7. The lowest BCUT2D eigenvalue weighted by Gasteiger charge is -2.01. The summed E-state index contributed by atoms with van der Waals surface area (Å²) in [6.45, 7) is 0. The van der Waals surface area contributed by atoms with E-state index >= 15 is 0 Å². The van der Waals surface area contributed by atoms with Crippen molar-refractivity contribution in [2.24, 2.45) is 0 Å². The summed E-state index contributed by atoms with van der Waals surface area (Å²) in [5.74, 6) is -0.350. The molecule has 0 saturated carbocycles. The summed E-state index contributed by atoms with van der Waals surface area (Å²) in [7, 11) is 0. The predicted molar refractivity (Wildman–Crippen MR) is 80.7 cm³/mol. The van der Waals surface area contributed by atoms with Crippen LogP contribution in [0.1, 0.15) is 10.4 Å². The Morgan fingerprint density at radius 3 is 2.65 bits per heavy atom. The third-order valence-electron chi connectivity index (χ3n) is 2.77. The van der Waals surface area contributed by atoms with Crippen LogP contribution in [0.3, 0.4) is 0 Å². The average Bonchev–Trinajstić information content (AvgIpc) is 3.16. The summed E-state index contributed by atoms with van der Waals surface area (Å²) < 4.78 is 11.0. The maximum absolute atomic E-state index is 12.1. The average molecular weight is 379 g/mol. The molecule has 9 nitrogen and oxygen atoms in total. The van der Waals surface area contributed by atoms with Gasteiger partial charge in [-0.2, -0.15) is 0 Å². The lowest BCUT2D eigenvalue weighted by Crippen LogP contribution is -2.14. The van der Waals surface area contributed by atoms with Crippen LogP contribution < -0.4 is 5.32 Å². The Morgan fingerprint density at radius 2 is 1.96 bits per heavy atom. The lowest BCUT2D eigenvalue weighted by molar-refractivity contribution is -0.385. The van der Waals surface area contributed by atoms with Crippen molar-refractivity contribution < 1.29 is 18.6 Å². The quantitative estimate of drug-likeness (QED) is 0.545. The van der Waals surface area contributed by atoms with Gasteiger partial charge < -0.3 is 8.83 Å². The molecule has 3 rings (SSSR count). The molecule has 1 amide bonds. The zero-order valence-corrected chi connectivity index (χ0v) is 12.8. The number of nitrogens with one attached hydrogen (secondary N) is 1. The molecule has 0 saturated heterocycles. The summed E-state index contributed by atoms with van der Waals surface area (Å²) >= 11 is 3.14. The van der Waals surface area contributed by atoms with E-state index in [1.807, 2.05) is 0 Å². The molecule has 1 N–H and O–H groups in total. The first kappa shape index (κ1) is 14.9. The summed E-state index contributed by atoms with van der Waals surface area (Å²) in [6, 6.07) is 8.59. The fourth-order valence-electron chi connectivity index (χ4n) is 1.79. The van der Waals surface area contributed by atoms with Crippen LogP contribution in [0.4, 0.5) is 11.7 Å². The molecule has 2 heterocycles. The van der Waals surface area contributed by atoms with Crippen LogP contribution in [-0.4, -0.2) is 21.0 Å². The molecule has 1 aromatic carbocycles. The second kappa shape index (κ2) is 6.01. The van der Waals surface area contributed by atoms with Crippen LogP contribution in [0.2, 0.25) is 0 Å². The Balaban J connectivity index is 1.82. The van der Waals surface area contributed by atoms with Crippen molar-refractivity contribution in [2.45, 2.75) is 0 Å². The summed E-state index contributed by atoms with van der Waals surface area (Å²) in [4.78, 5) is 22.4. The van der Waals surface area contributed by atoms with Gasteiger partial charge in [-0.15, -0.1) is 5.10 Å². The third kappa shape index (κ3) is 3.11. The molecule has 0 unspecified atom stereocenters. The first-order valence-corrected chi connectivity index (χ1v) is 6.98. The zero-order chi connectivity index (χ0) is 16.4. The molecule has 0 aliphatic carbocycles. The van der Waals surface area contributed by atoms with Gasteiger partial charge in [0.25, 0.3) is 17.5 Å². The molecule has 3 aromatic rings. The molecule has 10 heteroatoms. The minimum absolute atomic E-state index is 0.0635. The number of nitro groups is 1. The van der Waals surface area contributed by atoms with Crippen LogP contribution in [0.5, 0.6) is 0 Å². The van der Waals surface area contributed by atoms with Crippen molar-refractivity contribution in [1.29, 1.82) is 0 Å². The van der Waals surface area contributed by atoms with Gasteiger partial charge in [0.2, 0.25) is 0 Å².